The lowest BCUT2D eigenvalue weighted by atomic mass is 10.0. The van der Waals surface area contributed by atoms with E-state index in [2.05, 4.69) is 9.98 Å². The number of thiophene rings is 1. The van der Waals surface area contributed by atoms with Crippen LogP contribution < -0.4 is 10.6 Å². The van der Waals surface area contributed by atoms with E-state index in [0.29, 0.717) is 10.6 Å². The molecule has 1 atom stereocenters. The van der Waals surface area contributed by atoms with Gasteiger partial charge in [0, 0.05) is 11.4 Å². The average molecular weight is 430 g/mol. The number of sulfone groups is 1. The van der Waals surface area contributed by atoms with Gasteiger partial charge in [-0.25, -0.2) is 12.8 Å². The first-order chi connectivity index (χ1) is 13.8. The van der Waals surface area contributed by atoms with Gasteiger partial charge in [-0.2, -0.15) is 0 Å². The summed E-state index contributed by atoms with van der Waals surface area (Å²) in [6.07, 6.45) is 1.19. The predicted molar refractivity (Wildman–Crippen MR) is 105 cm³/mol. The third kappa shape index (κ3) is 3.36. The lowest BCUT2D eigenvalue weighted by Gasteiger charge is -2.08. The van der Waals surface area contributed by atoms with Crippen molar-refractivity contribution in [1.29, 1.82) is 0 Å². The molecular weight excluding hydrogens is 415 g/mol. The largest absolute Gasteiger partial charge is 0.481 e. The highest BCUT2D eigenvalue weighted by molar-refractivity contribution is 7.93. The van der Waals surface area contributed by atoms with E-state index in [9.17, 15) is 22.7 Å². The monoisotopic (exact) mass is 430 g/mol. The van der Waals surface area contributed by atoms with Gasteiger partial charge in [0.15, 0.2) is 0 Å². The Labute approximate surface area is 169 Å². The molecule has 6 nitrogen and oxygen atoms in total. The number of benzene rings is 1. The van der Waals surface area contributed by atoms with Gasteiger partial charge in [-0.15, -0.1) is 11.3 Å². The zero-order chi connectivity index (χ0) is 20.8. The Kier molecular flexibility index (Phi) is 4.79. The van der Waals surface area contributed by atoms with Crippen LogP contribution in [0.5, 0.6) is 0 Å². The molecule has 1 aromatic carbocycles. The number of aliphatic carboxylic acids is 1. The highest BCUT2D eigenvalue weighted by Crippen LogP contribution is 2.33. The van der Waals surface area contributed by atoms with Gasteiger partial charge < -0.3 is 5.11 Å². The van der Waals surface area contributed by atoms with Crippen LogP contribution >= 0.6 is 11.3 Å². The number of pyridine rings is 1. The van der Waals surface area contributed by atoms with E-state index in [4.69, 9.17) is 0 Å². The summed E-state index contributed by atoms with van der Waals surface area (Å²) >= 11 is 0.985. The smallest absolute Gasteiger partial charge is 0.307 e. The molecule has 9 heteroatoms. The molecule has 3 aromatic rings. The van der Waals surface area contributed by atoms with E-state index in [1.54, 1.807) is 37.4 Å². The van der Waals surface area contributed by atoms with Crippen molar-refractivity contribution >= 4 is 32.7 Å². The number of halogens is 1. The summed E-state index contributed by atoms with van der Waals surface area (Å²) < 4.78 is 41.5. The lowest BCUT2D eigenvalue weighted by molar-refractivity contribution is -0.135. The van der Waals surface area contributed by atoms with Crippen molar-refractivity contribution in [3.63, 3.8) is 0 Å². The van der Waals surface area contributed by atoms with Gasteiger partial charge >= 0.3 is 5.97 Å². The molecule has 148 valence electrons. The van der Waals surface area contributed by atoms with Crippen LogP contribution in [0, 0.1) is 5.82 Å². The Morgan fingerprint density at radius 2 is 2.00 bits per heavy atom. The van der Waals surface area contributed by atoms with Gasteiger partial charge in [0.25, 0.3) is 0 Å². The first-order valence-corrected chi connectivity index (χ1v) is 11.0. The Morgan fingerprint density at radius 3 is 2.69 bits per heavy atom. The van der Waals surface area contributed by atoms with Gasteiger partial charge in [0.05, 0.1) is 28.4 Å². The number of hydrogen-bond donors (Lipinski definition) is 1. The van der Waals surface area contributed by atoms with E-state index in [-0.39, 0.29) is 20.4 Å². The summed E-state index contributed by atoms with van der Waals surface area (Å²) in [5.41, 5.74) is 0.895. The molecular formula is C20H15FN2O4S2. The molecule has 0 saturated carbocycles. The van der Waals surface area contributed by atoms with Crippen molar-refractivity contribution in [2.24, 2.45) is 4.99 Å². The third-order valence-electron chi connectivity index (χ3n) is 4.62. The van der Waals surface area contributed by atoms with Crippen molar-refractivity contribution in [3.8, 4) is 10.6 Å². The Morgan fingerprint density at radius 1 is 1.21 bits per heavy atom. The zero-order valence-electron chi connectivity index (χ0n) is 15.2. The number of carbonyl (C=O) groups is 1. The van der Waals surface area contributed by atoms with E-state index in [1.807, 2.05) is 0 Å². The third-order valence-corrected chi connectivity index (χ3v) is 8.03. The highest BCUT2D eigenvalue weighted by atomic mass is 32.2. The number of fused-ring (bicyclic) bond motifs is 1. The first-order valence-electron chi connectivity index (χ1n) is 8.66. The summed E-state index contributed by atoms with van der Waals surface area (Å²) in [6.45, 7) is 1.66. The number of nitrogens with zero attached hydrogens (tertiary/aromatic N) is 2. The molecule has 1 aliphatic rings. The Bertz CT molecular complexity index is 1350. The van der Waals surface area contributed by atoms with Crippen LogP contribution in [-0.4, -0.2) is 30.5 Å². The summed E-state index contributed by atoms with van der Waals surface area (Å²) in [7, 11) is -4.23. The predicted octanol–water partition coefficient (Wildman–Crippen LogP) is 2.43. The van der Waals surface area contributed by atoms with Crippen molar-refractivity contribution < 1.29 is 22.7 Å². The van der Waals surface area contributed by atoms with Crippen LogP contribution in [0.2, 0.25) is 0 Å². The lowest BCUT2D eigenvalue weighted by Crippen LogP contribution is -2.31. The molecule has 0 bridgehead atoms. The Balaban J connectivity index is 1.94. The molecule has 3 heterocycles. The number of carboxylic acid groups (broad SMARTS) is 1. The van der Waals surface area contributed by atoms with Crippen molar-refractivity contribution in [2.45, 2.75) is 28.5 Å². The minimum atomic E-state index is -4.23. The number of carboxylic acids is 1. The fraction of sp³-hybridized carbons (Fsp3) is 0.150. The molecule has 0 radical (unpaired) electrons. The number of rotatable bonds is 5. The highest BCUT2D eigenvalue weighted by Gasteiger charge is 2.30. The number of hydrogen-bond acceptors (Lipinski definition) is 6. The molecule has 0 fully saturated rings. The molecule has 1 N–H and O–H groups in total. The van der Waals surface area contributed by atoms with Gasteiger partial charge in [-0.3, -0.25) is 14.8 Å². The molecule has 1 unspecified atom stereocenters. The standard InChI is InChI=1S/C20H15FN2O4S2/c1-11-12(10-17(24)25)19-15(23-11)6-5-13(21)20(19)29(26,27)18-8-7-16(28-18)14-4-2-3-9-22-14/h2-9,11H,10H2,1H3,(H,24,25). The second-order valence-corrected chi connectivity index (χ2v) is 9.71. The van der Waals surface area contributed by atoms with Crippen LogP contribution in [0.1, 0.15) is 13.3 Å². The maximum Gasteiger partial charge on any atom is 0.307 e. The van der Waals surface area contributed by atoms with Crippen molar-refractivity contribution in [3.05, 3.63) is 65.1 Å². The molecule has 0 aliphatic carbocycles. The fourth-order valence-corrected chi connectivity index (χ4v) is 6.28. The van der Waals surface area contributed by atoms with Crippen LogP contribution in [0.3, 0.4) is 0 Å². The van der Waals surface area contributed by atoms with Crippen LogP contribution in [0.4, 0.5) is 4.39 Å². The second kappa shape index (κ2) is 7.16. The summed E-state index contributed by atoms with van der Waals surface area (Å²) in [6, 6.07) is 10.2. The maximum absolute atomic E-state index is 14.8. The van der Waals surface area contributed by atoms with E-state index < -0.39 is 39.0 Å². The molecule has 0 saturated heterocycles. The molecule has 29 heavy (non-hydrogen) atoms. The molecule has 0 spiro atoms. The quantitative estimate of drug-likeness (QED) is 0.671. The molecule has 4 rings (SSSR count). The first kappa shape index (κ1) is 19.4. The van der Waals surface area contributed by atoms with Crippen molar-refractivity contribution in [1.82, 2.24) is 4.98 Å². The van der Waals surface area contributed by atoms with E-state index in [1.165, 1.54) is 12.1 Å². The van der Waals surface area contributed by atoms with Gasteiger partial charge in [-0.05, 0) is 48.9 Å². The molecule has 1 aliphatic heterocycles. The van der Waals surface area contributed by atoms with Crippen LogP contribution in [-0.2, 0) is 14.6 Å². The second-order valence-electron chi connectivity index (χ2n) is 6.51. The van der Waals surface area contributed by atoms with Crippen LogP contribution in [0.15, 0.2) is 62.8 Å². The molecule has 0 amide bonds. The SMILES string of the molecule is CC1N=c2ccc(F)c(S(=O)(=O)c3ccc(-c4ccccn4)s3)c2=C1CC(=O)O. The topological polar surface area (TPSA) is 96.7 Å². The van der Waals surface area contributed by atoms with Gasteiger partial charge in [0.1, 0.15) is 14.9 Å². The normalized spacial score (nSPS) is 15.8. The van der Waals surface area contributed by atoms with Gasteiger partial charge in [-0.1, -0.05) is 6.07 Å². The Hall–Kier alpha value is -2.91. The number of aromatic nitrogens is 1. The minimum absolute atomic E-state index is 0.0420. The summed E-state index contributed by atoms with van der Waals surface area (Å²) in [4.78, 5) is 19.9. The zero-order valence-corrected chi connectivity index (χ0v) is 16.8. The minimum Gasteiger partial charge on any atom is -0.481 e. The fourth-order valence-electron chi connectivity index (χ4n) is 3.33. The van der Waals surface area contributed by atoms with Gasteiger partial charge in [0.2, 0.25) is 9.84 Å². The van der Waals surface area contributed by atoms with Crippen LogP contribution in [0.25, 0.3) is 16.1 Å². The van der Waals surface area contributed by atoms with E-state index >= 15 is 0 Å². The van der Waals surface area contributed by atoms with Crippen molar-refractivity contribution in [2.75, 3.05) is 0 Å². The van der Waals surface area contributed by atoms with E-state index in [0.717, 1.165) is 17.4 Å². The maximum atomic E-state index is 14.8. The molecule has 2 aromatic heterocycles. The summed E-state index contributed by atoms with van der Waals surface area (Å²) in [5.74, 6) is -2.06. The summed E-state index contributed by atoms with van der Waals surface area (Å²) in [5, 5.41) is 9.57. The average Bonchev–Trinajstić information content (AvgIpc) is 3.29.